The van der Waals surface area contributed by atoms with Gasteiger partial charge in [0, 0.05) is 18.1 Å². The molecular formula is C94H90Cl3F18N9O13. The van der Waals surface area contributed by atoms with E-state index >= 15 is 0 Å². The number of piperidine rings is 3. The third-order valence-electron chi connectivity index (χ3n) is 23.2. The SMILES string of the molecule is C[C@@H](OC[C@@]1(c2ccccc2)CC[C@@](N)(C#N)CN1C(=O)OCc1ccccc1)c1cc(C(F)(F)F)cc(C(F)(F)F)c1.C[C@@H](OC[C@@]1(c2ccccc2)CC[C@](C#N)(N2CCOC2=O)CN1)c1cc(C(F)(F)F)cc(C(F)(F)F)c1.C[C@@H](OC[C@@]1(c2ccccc2)CC[C@](C#N)(NC(=O)OCCCl)CN1C(=O)OCc1ccccc1)c1cc(C(F)(F)F)cc(C(F)(F)F)c1.O=C(Cl)OCCCl. The third-order valence-corrected chi connectivity index (χ3v) is 23.6. The first kappa shape index (κ1) is 109. The lowest BCUT2D eigenvalue weighted by molar-refractivity contribution is -0.145. The Hall–Kier alpha value is -11.8. The number of benzene rings is 8. The molecule has 0 spiro atoms. The monoisotopic (exact) mass is 2000 g/mol. The molecule has 4 aliphatic rings. The quantitative estimate of drug-likeness (QED) is 0.0207. The van der Waals surface area contributed by atoms with Crippen LogP contribution >= 0.6 is 34.8 Å². The molecule has 8 aromatic carbocycles. The van der Waals surface area contributed by atoms with Gasteiger partial charge in [0.2, 0.25) is 0 Å². The number of nitriles is 3. The van der Waals surface area contributed by atoms with Crippen molar-refractivity contribution in [3.63, 3.8) is 0 Å². The van der Waals surface area contributed by atoms with Crippen LogP contribution in [0.5, 0.6) is 0 Å². The summed E-state index contributed by atoms with van der Waals surface area (Å²) in [6, 6.07) is 53.7. The molecule has 22 nitrogen and oxygen atoms in total. The van der Waals surface area contributed by atoms with Crippen molar-refractivity contribution in [3.8, 4) is 18.2 Å². The number of carbonyl (C=O) groups is 5. The highest BCUT2D eigenvalue weighted by Gasteiger charge is 2.56. The number of ether oxygens (including phenoxy) is 8. The molecule has 137 heavy (non-hydrogen) atoms. The number of nitrogens with one attached hydrogen (secondary N) is 2. The smallest absolute Gasteiger partial charge is 0.416 e. The molecule has 4 heterocycles. The number of hydrogen-bond donors (Lipinski definition) is 3. The maximum atomic E-state index is 14.0. The van der Waals surface area contributed by atoms with Crippen LogP contribution in [-0.2, 0) is 105 Å². The van der Waals surface area contributed by atoms with Gasteiger partial charge in [-0.15, -0.1) is 23.2 Å². The normalized spacial score (nSPS) is 21.4. The van der Waals surface area contributed by atoms with Crippen molar-refractivity contribution >= 4 is 64.6 Å². The van der Waals surface area contributed by atoms with Crippen LogP contribution < -0.4 is 16.4 Å². The lowest BCUT2D eigenvalue weighted by Crippen LogP contribution is -2.66. The summed E-state index contributed by atoms with van der Waals surface area (Å²) in [5, 5.41) is 35.8. The number of nitrogens with zero attached hydrogens (tertiary/aromatic N) is 6. The first-order valence-electron chi connectivity index (χ1n) is 41.8. The van der Waals surface area contributed by atoms with Crippen LogP contribution in [0.3, 0.4) is 0 Å². The highest BCUT2D eigenvalue weighted by molar-refractivity contribution is 6.61. The number of alkyl carbamates (subject to hydrolysis) is 1. The van der Waals surface area contributed by atoms with Crippen molar-refractivity contribution in [1.29, 1.82) is 15.8 Å². The molecule has 43 heteroatoms. The van der Waals surface area contributed by atoms with Crippen LogP contribution in [0.2, 0.25) is 0 Å². The summed E-state index contributed by atoms with van der Waals surface area (Å²) in [4.78, 5) is 65.9. The van der Waals surface area contributed by atoms with Gasteiger partial charge in [-0.1, -0.05) is 152 Å². The number of carbonyl (C=O) groups excluding carboxylic acids is 5. The molecule has 0 radical (unpaired) electrons. The number of hydrogen-bond acceptors (Lipinski definition) is 18. The third kappa shape index (κ3) is 28.7. The fourth-order valence-electron chi connectivity index (χ4n) is 15.6. The topological polar surface area (TPSA) is 290 Å². The summed E-state index contributed by atoms with van der Waals surface area (Å²) in [5.41, 5.74) is -9.06. The van der Waals surface area contributed by atoms with E-state index in [-0.39, 0.29) is 133 Å². The van der Waals surface area contributed by atoms with Gasteiger partial charge >= 0.3 is 66.9 Å². The maximum absolute atomic E-state index is 14.0. The molecule has 4 saturated heterocycles. The van der Waals surface area contributed by atoms with Crippen LogP contribution in [0, 0.1) is 34.0 Å². The van der Waals surface area contributed by atoms with Gasteiger partial charge in [-0.2, -0.15) is 94.8 Å². The molecule has 0 aliphatic carbocycles. The molecule has 4 aliphatic heterocycles. The van der Waals surface area contributed by atoms with Gasteiger partial charge in [0.1, 0.15) is 49.7 Å². The van der Waals surface area contributed by atoms with Crippen LogP contribution in [-0.4, -0.2) is 139 Å². The number of alkyl halides is 20. The van der Waals surface area contributed by atoms with E-state index < -0.39 is 171 Å². The van der Waals surface area contributed by atoms with Crippen molar-refractivity contribution in [1.82, 2.24) is 25.3 Å². The van der Waals surface area contributed by atoms with Gasteiger partial charge in [-0.05, 0) is 158 Å². The predicted molar refractivity (Wildman–Crippen MR) is 460 cm³/mol. The average molecular weight is 2000 g/mol. The second-order valence-corrected chi connectivity index (χ2v) is 33.4. The van der Waals surface area contributed by atoms with Gasteiger partial charge in [-0.3, -0.25) is 14.7 Å². The summed E-state index contributed by atoms with van der Waals surface area (Å²) < 4.78 is 286. The zero-order valence-electron chi connectivity index (χ0n) is 73.0. The van der Waals surface area contributed by atoms with E-state index in [2.05, 4.69) is 27.5 Å². The number of amides is 4. The van der Waals surface area contributed by atoms with Crippen LogP contribution in [0.15, 0.2) is 206 Å². The highest BCUT2D eigenvalue weighted by atomic mass is 35.5. The van der Waals surface area contributed by atoms with E-state index in [1.807, 2.05) is 18.2 Å². The maximum Gasteiger partial charge on any atom is 0.416 e. The molecule has 4 amide bonds. The van der Waals surface area contributed by atoms with Crippen molar-refractivity contribution in [3.05, 3.63) is 284 Å². The Kier molecular flexibility index (Phi) is 36.6. The molecule has 0 aromatic heterocycles. The Balaban J connectivity index is 0.000000223. The van der Waals surface area contributed by atoms with E-state index in [4.69, 9.17) is 73.7 Å². The minimum absolute atomic E-state index is 0.00606. The minimum Gasteiger partial charge on any atom is -0.452 e. The number of rotatable bonds is 25. The van der Waals surface area contributed by atoms with Crippen LogP contribution in [0.25, 0.3) is 0 Å². The Bertz CT molecular complexity index is 5430. The molecule has 9 atom stereocenters. The molecule has 0 bridgehead atoms. The van der Waals surface area contributed by atoms with Gasteiger partial charge in [0.15, 0.2) is 0 Å². The summed E-state index contributed by atoms with van der Waals surface area (Å²) in [7, 11) is 0. The molecule has 4 fully saturated rings. The summed E-state index contributed by atoms with van der Waals surface area (Å²) in [6.45, 7) is 2.69. The zero-order valence-corrected chi connectivity index (χ0v) is 75.3. The first-order chi connectivity index (χ1) is 64.4. The van der Waals surface area contributed by atoms with Crippen LogP contribution in [0.1, 0.15) is 155 Å². The second kappa shape index (κ2) is 46.1. The molecule has 0 saturated carbocycles. The molecular weight excluding hydrogens is 1910 g/mol. The fourth-order valence-corrected chi connectivity index (χ4v) is 15.8. The number of halogens is 21. The Labute approximate surface area is 789 Å². The summed E-state index contributed by atoms with van der Waals surface area (Å²) in [5.74, 6) is 0.284. The lowest BCUT2D eigenvalue weighted by Gasteiger charge is -2.51. The molecule has 0 unspecified atom stereocenters. The van der Waals surface area contributed by atoms with Gasteiger partial charge in [0.25, 0.3) is 0 Å². The Morgan fingerprint density at radius 1 is 0.460 bits per heavy atom. The van der Waals surface area contributed by atoms with E-state index in [0.29, 0.717) is 71.0 Å². The lowest BCUT2D eigenvalue weighted by atomic mass is 9.75. The van der Waals surface area contributed by atoms with Crippen molar-refractivity contribution < 1.29 is 141 Å². The van der Waals surface area contributed by atoms with E-state index in [9.17, 15) is 119 Å². The van der Waals surface area contributed by atoms with Crippen molar-refractivity contribution in [2.24, 2.45) is 5.73 Å². The first-order valence-corrected chi connectivity index (χ1v) is 43.3. The zero-order chi connectivity index (χ0) is 101. The van der Waals surface area contributed by atoms with Crippen molar-refractivity contribution in [2.45, 2.75) is 161 Å². The van der Waals surface area contributed by atoms with Crippen molar-refractivity contribution in [2.75, 3.05) is 77.6 Å². The predicted octanol–water partition coefficient (Wildman–Crippen LogP) is 23.1. The number of cyclic esters (lactones) is 1. The highest BCUT2D eigenvalue weighted by Crippen LogP contribution is 2.49. The number of nitrogens with two attached hydrogens (primary N) is 1. The average Bonchev–Trinajstić information content (AvgIpc) is 1.10. The molecule has 12 rings (SSSR count). The number of likely N-dealkylation sites (tertiary alicyclic amines) is 2. The summed E-state index contributed by atoms with van der Waals surface area (Å²) >= 11 is 15.5. The van der Waals surface area contributed by atoms with Gasteiger partial charge < -0.3 is 54.3 Å². The standard InChI is InChI=1S/C34H32ClF6N3O5.C31H29F6N3O3.C26H25F6N3O3.C3H4Cl2O2/c1-23(25-16-27(33(36,37)38)18-28(17-25)34(39,40)41)49-22-32(26-10-6-3-7-11-26)13-12-31(20-42,43-29(45)47-15-14-35)21-44(32)30(46)48-19-24-8-4-2-5-9-24;1-21(23-14-25(30(32,33)34)16-26(15-23)31(35,36)37)43-20-29(24-10-6-3-7-11-24)13-12-28(39,18-38)19-40(29)27(41)42-17-22-8-4-2-5-9-22;1-17(18-11-20(25(27,28)29)13-21(12-18)26(30,31)32)38-16-24(19-5-3-2-4-6-19)8-7-23(14-33,15-34-24)35-9-10-37-22(35)36;4-1-2-7-3(5)6/h2-11,16-18,23H,12-15,19,21-22H2,1H3,(H,43,45);2-11,14-16,21H,12-13,17,19-20,39H2,1H3;2-6,11-13,17,34H,7-10,15-16H2,1H3;1-2H2/t23-,31-,32-;21-,28-,29-;17-,23-,24-;/m111./s1. The Morgan fingerprint density at radius 3 is 1.14 bits per heavy atom. The van der Waals surface area contributed by atoms with E-state index in [1.165, 1.54) is 35.5 Å². The van der Waals surface area contributed by atoms with E-state index in [1.54, 1.807) is 140 Å². The molecule has 8 aromatic rings. The molecule has 4 N–H and O–H groups in total. The molecule has 736 valence electrons. The van der Waals surface area contributed by atoms with Gasteiger partial charge in [0.05, 0.1) is 138 Å². The Morgan fingerprint density at radius 2 is 0.818 bits per heavy atom. The fraction of sp³-hybridized carbons (Fsp3) is 0.404. The van der Waals surface area contributed by atoms with Gasteiger partial charge in [-0.25, -0.2) is 24.0 Å². The largest absolute Gasteiger partial charge is 0.452 e. The van der Waals surface area contributed by atoms with E-state index in [0.717, 1.165) is 5.56 Å². The summed E-state index contributed by atoms with van der Waals surface area (Å²) in [6.07, 6.45) is -36.4. The minimum atomic E-state index is -5.07. The second-order valence-electron chi connectivity index (χ2n) is 32.3. The van der Waals surface area contributed by atoms with Crippen LogP contribution in [0.4, 0.5) is 103 Å².